The Morgan fingerprint density at radius 2 is 0.610 bits per heavy atom. The molecule has 0 saturated carbocycles. The lowest BCUT2D eigenvalue weighted by atomic mass is 9.93. The topological polar surface area (TPSA) is 40.5 Å². The van der Waals surface area contributed by atoms with Crippen molar-refractivity contribution in [3.8, 4) is 22.3 Å². The first kappa shape index (κ1) is 34.4. The maximum Gasteiger partial charge on any atom is 0.0737 e. The van der Waals surface area contributed by atoms with Gasteiger partial charge in [-0.3, -0.25) is 0 Å². The first-order valence-electron chi connectivity index (χ1n) is 20.1. The largest absolute Gasteiger partial charge is 0.354 e. The van der Waals surface area contributed by atoms with Crippen LogP contribution >= 0.6 is 0 Å². The number of fused-ring (bicyclic) bond motifs is 9. The third kappa shape index (κ3) is 6.17. The van der Waals surface area contributed by atoms with Gasteiger partial charge in [0.1, 0.15) is 0 Å². The van der Waals surface area contributed by atoms with Crippen LogP contribution in [0.1, 0.15) is 33.4 Å². The molecule has 0 unspecified atom stereocenters. The Morgan fingerprint density at radius 3 is 1.00 bits per heavy atom. The Balaban J connectivity index is 1.31. The van der Waals surface area contributed by atoms with Gasteiger partial charge in [-0.1, -0.05) is 176 Å². The van der Waals surface area contributed by atoms with Crippen molar-refractivity contribution in [1.82, 2.24) is 4.98 Å². The van der Waals surface area contributed by atoms with Gasteiger partial charge < -0.3 is 4.98 Å². The van der Waals surface area contributed by atoms with Gasteiger partial charge in [0.15, 0.2) is 0 Å². The molecule has 0 saturated heterocycles. The van der Waals surface area contributed by atoms with Crippen LogP contribution in [0.3, 0.4) is 0 Å². The van der Waals surface area contributed by atoms with E-state index in [0.717, 1.165) is 106 Å². The molecular weight excluding hydrogens is 715 g/mol. The number of nitrogens with one attached hydrogen (secondary N) is 1. The van der Waals surface area contributed by atoms with Crippen LogP contribution in [0.25, 0.3) is 44.5 Å². The van der Waals surface area contributed by atoms with Crippen LogP contribution in [-0.2, 0) is 0 Å². The van der Waals surface area contributed by atoms with Gasteiger partial charge in [0, 0.05) is 33.0 Å². The van der Waals surface area contributed by atoms with E-state index in [2.05, 4.69) is 223 Å². The standard InChI is InChI=1S/C56H37N3/c1-6-16-37(17-7-1)38-26-28-43-44(29-27-38)46-36-45(43)53(39-18-8-2-9-19-39)47-30-32-49(57-47)55(41-22-12-4-13-23-41)51-34-35-52(59-51)56(42-24-14-5-15-25-42)50-33-31-48(58-50)54(46)40-20-10-3-11-21-40/h1-36,59H. The van der Waals surface area contributed by atoms with E-state index in [4.69, 9.17) is 9.98 Å². The fourth-order valence-electron chi connectivity index (χ4n) is 8.74. The normalized spacial score (nSPS) is 14.6. The molecule has 3 nitrogen and oxygen atoms in total. The van der Waals surface area contributed by atoms with E-state index < -0.39 is 0 Å². The van der Waals surface area contributed by atoms with Crippen LogP contribution in [0, 0.1) is 0 Å². The number of aliphatic imine (C=N–C) groups is 2. The average molecular weight is 752 g/mol. The zero-order chi connectivity index (χ0) is 39.1. The second-order valence-electron chi connectivity index (χ2n) is 15.0. The Kier molecular flexibility index (Phi) is 8.49. The van der Waals surface area contributed by atoms with Crippen molar-refractivity contribution < 1.29 is 0 Å². The quantitative estimate of drug-likeness (QED) is 0.182. The van der Waals surface area contributed by atoms with E-state index in [9.17, 15) is 0 Å². The van der Waals surface area contributed by atoms with Crippen LogP contribution in [-0.4, -0.2) is 16.4 Å². The summed E-state index contributed by atoms with van der Waals surface area (Å²) < 4.78 is 0. The maximum absolute atomic E-state index is 5.56. The first-order chi connectivity index (χ1) is 29.3. The highest BCUT2D eigenvalue weighted by Crippen LogP contribution is 2.47. The molecule has 5 aromatic carbocycles. The zero-order valence-electron chi connectivity index (χ0n) is 32.2. The molecule has 0 spiro atoms. The fraction of sp³-hybridized carbons (Fsp3) is 0. The number of H-pyrrole nitrogens is 1. The molecule has 2 aliphatic carbocycles. The number of nitrogens with zero attached hydrogens (tertiary/aromatic N) is 2. The van der Waals surface area contributed by atoms with Gasteiger partial charge in [0.05, 0.1) is 22.8 Å². The summed E-state index contributed by atoms with van der Waals surface area (Å²) in [5.41, 5.74) is 19.1. The second-order valence-corrected chi connectivity index (χ2v) is 15.0. The molecule has 3 aliphatic heterocycles. The maximum atomic E-state index is 5.56. The summed E-state index contributed by atoms with van der Waals surface area (Å²) in [5, 5.41) is 1.98. The lowest BCUT2D eigenvalue weighted by molar-refractivity contribution is 1.25. The average Bonchev–Trinajstić information content (AvgIpc) is 4.11. The molecule has 0 amide bonds. The number of benzene rings is 5. The SMILES string of the molecule is C1=CC2=C(c3ccccc3)c3cc(c4ccc(-c5ccccc5)ccc3-4)C(c3ccccc3)=C3C=CC(=N3)C(c3ccccc3)=c3ccc([nH]3)=C(c3ccccc3)C1=N2. The van der Waals surface area contributed by atoms with Crippen molar-refractivity contribution in [2.24, 2.45) is 9.98 Å². The summed E-state index contributed by atoms with van der Waals surface area (Å²) in [6.45, 7) is 0. The monoisotopic (exact) mass is 751 g/mol. The number of aromatic nitrogens is 1. The highest BCUT2D eigenvalue weighted by molar-refractivity contribution is 6.31. The fourth-order valence-corrected chi connectivity index (χ4v) is 8.74. The zero-order valence-corrected chi connectivity index (χ0v) is 32.2. The van der Waals surface area contributed by atoms with Crippen molar-refractivity contribution >= 4 is 33.7 Å². The van der Waals surface area contributed by atoms with E-state index in [1.165, 1.54) is 5.56 Å². The molecular formula is C56H37N3. The molecule has 59 heavy (non-hydrogen) atoms. The number of rotatable bonds is 5. The van der Waals surface area contributed by atoms with Crippen molar-refractivity contribution in [2.75, 3.05) is 0 Å². The van der Waals surface area contributed by atoms with Crippen LogP contribution < -0.4 is 10.7 Å². The number of allylic oxidation sites excluding steroid dienone is 4. The Labute approximate surface area is 343 Å². The molecule has 4 heterocycles. The third-order valence-corrected chi connectivity index (χ3v) is 11.4. The lowest BCUT2D eigenvalue weighted by Gasteiger charge is -2.11. The van der Waals surface area contributed by atoms with Gasteiger partial charge in [0.2, 0.25) is 0 Å². The summed E-state index contributed by atoms with van der Waals surface area (Å²) in [7, 11) is 0. The van der Waals surface area contributed by atoms with Crippen LogP contribution in [0.2, 0.25) is 0 Å². The minimum Gasteiger partial charge on any atom is -0.354 e. The molecule has 1 aromatic heterocycles. The predicted molar refractivity (Wildman–Crippen MR) is 245 cm³/mol. The van der Waals surface area contributed by atoms with E-state index in [0.29, 0.717) is 0 Å². The second kappa shape index (κ2) is 14.6. The van der Waals surface area contributed by atoms with E-state index in [1.807, 2.05) is 0 Å². The third-order valence-electron chi connectivity index (χ3n) is 11.4. The highest BCUT2D eigenvalue weighted by Gasteiger charge is 2.28. The summed E-state index contributed by atoms with van der Waals surface area (Å²) in [6.07, 6.45) is 8.72. The van der Waals surface area contributed by atoms with Crippen LogP contribution in [0.15, 0.2) is 240 Å². The molecule has 0 atom stereocenters. The number of aromatic amines is 1. The molecule has 6 aromatic rings. The van der Waals surface area contributed by atoms with E-state index in [-0.39, 0.29) is 0 Å². The summed E-state index contributed by atoms with van der Waals surface area (Å²) in [5.74, 6) is 0. The van der Waals surface area contributed by atoms with Gasteiger partial charge in [0.25, 0.3) is 0 Å². The molecule has 5 aliphatic rings. The van der Waals surface area contributed by atoms with Gasteiger partial charge in [-0.15, -0.1) is 0 Å². The smallest absolute Gasteiger partial charge is 0.0737 e. The first-order valence-corrected chi connectivity index (χ1v) is 20.1. The Morgan fingerprint density at radius 1 is 0.271 bits per heavy atom. The molecule has 8 bridgehead atoms. The number of hydrogen-bond acceptors (Lipinski definition) is 2. The van der Waals surface area contributed by atoms with E-state index in [1.54, 1.807) is 0 Å². The molecule has 0 radical (unpaired) electrons. The van der Waals surface area contributed by atoms with Crippen molar-refractivity contribution in [2.45, 2.75) is 0 Å². The molecule has 3 heteroatoms. The Hall–Kier alpha value is -7.88. The number of hydrogen-bond donors (Lipinski definition) is 1. The lowest BCUT2D eigenvalue weighted by Crippen LogP contribution is -2.21. The van der Waals surface area contributed by atoms with E-state index >= 15 is 0 Å². The van der Waals surface area contributed by atoms with Gasteiger partial charge in [-0.25, -0.2) is 9.98 Å². The Bertz CT molecular complexity index is 3000. The van der Waals surface area contributed by atoms with Gasteiger partial charge >= 0.3 is 0 Å². The van der Waals surface area contributed by atoms with Gasteiger partial charge in [-0.2, -0.15) is 0 Å². The summed E-state index contributed by atoms with van der Waals surface area (Å²) in [6, 6.07) is 69.1. The summed E-state index contributed by atoms with van der Waals surface area (Å²) in [4.78, 5) is 15.0. The van der Waals surface area contributed by atoms with Crippen molar-refractivity contribution in [1.29, 1.82) is 0 Å². The summed E-state index contributed by atoms with van der Waals surface area (Å²) >= 11 is 0. The highest BCUT2D eigenvalue weighted by atomic mass is 14.8. The minimum atomic E-state index is 0.902. The van der Waals surface area contributed by atoms with Crippen LogP contribution in [0.4, 0.5) is 0 Å². The molecule has 0 fully saturated rings. The minimum absolute atomic E-state index is 0.902. The molecule has 11 rings (SSSR count). The molecule has 276 valence electrons. The van der Waals surface area contributed by atoms with Crippen molar-refractivity contribution in [3.63, 3.8) is 0 Å². The van der Waals surface area contributed by atoms with Crippen molar-refractivity contribution in [3.05, 3.63) is 274 Å². The van der Waals surface area contributed by atoms with Gasteiger partial charge in [-0.05, 0) is 98.1 Å². The molecule has 1 N–H and O–H groups in total. The van der Waals surface area contributed by atoms with Crippen LogP contribution in [0.5, 0.6) is 0 Å². The predicted octanol–water partition coefficient (Wildman–Crippen LogP) is 11.4.